The normalized spacial score (nSPS) is 11.5. The summed E-state index contributed by atoms with van der Waals surface area (Å²) in [5.41, 5.74) is 7.25. The second-order valence-electron chi connectivity index (χ2n) is 13.7. The van der Waals surface area contributed by atoms with Crippen LogP contribution in [0.5, 0.6) is 0 Å². The molecule has 0 N–H and O–H groups in total. The summed E-state index contributed by atoms with van der Waals surface area (Å²) in [7, 11) is 0. The molecule has 0 aliphatic rings. The Hall–Kier alpha value is -6.28. The molecule has 270 valence electrons. The number of para-hydroxylation sites is 2. The number of fused-ring (bicyclic) bond motifs is 6. The number of carbonyl (C=O) groups is 2. The summed E-state index contributed by atoms with van der Waals surface area (Å²) >= 11 is 0. The molecular weight excluding hydrogens is 673 g/mol. The molecule has 4 aromatic heterocycles. The third-order valence-electron chi connectivity index (χ3n) is 10.1. The first-order valence-electron chi connectivity index (χ1n) is 18.8. The Kier molecular flexibility index (Phi) is 10.4. The lowest BCUT2D eigenvalue weighted by Crippen LogP contribution is -2.09. The Morgan fingerprint density at radius 3 is 1.28 bits per heavy atom. The van der Waals surface area contributed by atoms with E-state index in [1.807, 2.05) is 72.8 Å². The van der Waals surface area contributed by atoms with Gasteiger partial charge in [0.05, 0.1) is 36.6 Å². The van der Waals surface area contributed by atoms with Crippen LogP contribution in [-0.2, 0) is 22.6 Å². The second kappa shape index (κ2) is 16.2. The Morgan fingerprint density at radius 2 is 0.833 bits per heavy atom. The number of unbranched alkanes of at least 4 members (excludes halogenated alkanes) is 5. The molecule has 8 aromatic rings. The van der Waals surface area contributed by atoms with Crippen molar-refractivity contribution in [2.24, 2.45) is 0 Å². The van der Waals surface area contributed by atoms with E-state index < -0.39 is 11.9 Å². The number of nitrogens with zero attached hydrogens (tertiary/aromatic N) is 4. The third kappa shape index (κ3) is 7.46. The van der Waals surface area contributed by atoms with Gasteiger partial charge < -0.3 is 18.6 Å². The highest BCUT2D eigenvalue weighted by atomic mass is 16.5. The van der Waals surface area contributed by atoms with Crippen LogP contribution >= 0.6 is 0 Å². The fourth-order valence-electron chi connectivity index (χ4n) is 7.38. The number of benzene rings is 4. The fourth-order valence-corrected chi connectivity index (χ4v) is 7.38. The van der Waals surface area contributed by atoms with Gasteiger partial charge in [-0.1, -0.05) is 123 Å². The molecular formula is C46H42N4O4. The molecule has 8 heteroatoms. The van der Waals surface area contributed by atoms with Gasteiger partial charge in [0.1, 0.15) is 11.4 Å². The average Bonchev–Trinajstić information content (AvgIpc) is 3.70. The summed E-state index contributed by atoms with van der Waals surface area (Å²) in [4.78, 5) is 34.9. The zero-order valence-corrected chi connectivity index (χ0v) is 30.2. The molecule has 0 fully saturated rings. The van der Waals surface area contributed by atoms with Gasteiger partial charge >= 0.3 is 11.9 Å². The standard InChI is InChI=1S/C46H42N4O4/c51-45(39-27-37-35-21-11-13-23-41(35)49(43(37)29-47-39)31-33-17-7-5-8-18-33)53-25-15-3-1-2-4-16-26-54-46(52)40-28-38-36-22-12-14-24-42(36)50(44(38)30-48-40)32-34-19-9-6-10-20-34/h5-14,17-24,27-30H,1-4,15-16,25-26,31-32H2. The van der Waals surface area contributed by atoms with Gasteiger partial charge in [0.25, 0.3) is 0 Å². The first-order valence-corrected chi connectivity index (χ1v) is 18.8. The van der Waals surface area contributed by atoms with Crippen molar-refractivity contribution in [1.82, 2.24) is 19.1 Å². The minimum Gasteiger partial charge on any atom is -0.461 e. The molecule has 0 radical (unpaired) electrons. The van der Waals surface area contributed by atoms with Gasteiger partial charge in [-0.3, -0.25) is 0 Å². The van der Waals surface area contributed by atoms with Crippen molar-refractivity contribution in [1.29, 1.82) is 0 Å². The monoisotopic (exact) mass is 714 g/mol. The van der Waals surface area contributed by atoms with E-state index in [2.05, 4.69) is 67.6 Å². The molecule has 0 spiro atoms. The van der Waals surface area contributed by atoms with Crippen molar-refractivity contribution in [3.05, 3.63) is 156 Å². The Morgan fingerprint density at radius 1 is 0.444 bits per heavy atom. The van der Waals surface area contributed by atoms with Crippen molar-refractivity contribution < 1.29 is 19.1 Å². The van der Waals surface area contributed by atoms with Crippen LogP contribution in [0, 0.1) is 0 Å². The fraction of sp³-hybridized carbons (Fsp3) is 0.217. The lowest BCUT2D eigenvalue weighted by molar-refractivity contribution is 0.0478. The number of aromatic nitrogens is 4. The largest absolute Gasteiger partial charge is 0.461 e. The smallest absolute Gasteiger partial charge is 0.356 e. The number of hydrogen-bond donors (Lipinski definition) is 0. The van der Waals surface area contributed by atoms with Crippen molar-refractivity contribution in [3.8, 4) is 0 Å². The number of pyridine rings is 2. The summed E-state index contributed by atoms with van der Waals surface area (Å²) < 4.78 is 15.7. The highest BCUT2D eigenvalue weighted by Gasteiger charge is 2.17. The predicted molar refractivity (Wildman–Crippen MR) is 214 cm³/mol. The Balaban J connectivity index is 0.771. The van der Waals surface area contributed by atoms with Gasteiger partial charge in [0, 0.05) is 45.7 Å². The van der Waals surface area contributed by atoms with E-state index in [-0.39, 0.29) is 0 Å². The maximum atomic E-state index is 12.9. The molecule has 0 bridgehead atoms. The van der Waals surface area contributed by atoms with Crippen LogP contribution in [0.15, 0.2) is 134 Å². The minimum atomic E-state index is -0.398. The summed E-state index contributed by atoms with van der Waals surface area (Å²) in [6.45, 7) is 2.15. The molecule has 0 amide bonds. The zero-order chi connectivity index (χ0) is 36.7. The maximum absolute atomic E-state index is 12.9. The van der Waals surface area contributed by atoms with Crippen LogP contribution in [0.3, 0.4) is 0 Å². The van der Waals surface area contributed by atoms with E-state index in [4.69, 9.17) is 9.47 Å². The second-order valence-corrected chi connectivity index (χ2v) is 13.7. The van der Waals surface area contributed by atoms with Gasteiger partial charge in [-0.05, 0) is 48.2 Å². The van der Waals surface area contributed by atoms with E-state index in [0.717, 1.165) is 95.2 Å². The first-order chi connectivity index (χ1) is 26.6. The van der Waals surface area contributed by atoms with Crippen molar-refractivity contribution in [2.75, 3.05) is 13.2 Å². The molecule has 0 aliphatic carbocycles. The SMILES string of the molecule is O=C(OCCCCCCCCOC(=O)c1cc2c3ccccc3n(Cc3ccccc3)c2cn1)c1cc2c3ccccc3n(Cc3ccccc3)c2cn1. The maximum Gasteiger partial charge on any atom is 0.356 e. The number of hydrogen-bond acceptors (Lipinski definition) is 6. The van der Waals surface area contributed by atoms with E-state index in [1.165, 1.54) is 11.1 Å². The summed E-state index contributed by atoms with van der Waals surface area (Å²) in [6, 6.07) is 40.9. The summed E-state index contributed by atoms with van der Waals surface area (Å²) in [5.74, 6) is -0.796. The van der Waals surface area contributed by atoms with E-state index in [1.54, 1.807) is 12.4 Å². The number of ether oxygens (including phenoxy) is 2. The highest BCUT2D eigenvalue weighted by Crippen LogP contribution is 2.31. The number of rotatable bonds is 15. The average molecular weight is 715 g/mol. The molecule has 54 heavy (non-hydrogen) atoms. The lowest BCUT2D eigenvalue weighted by atomic mass is 10.1. The van der Waals surface area contributed by atoms with Crippen LogP contribution in [0.2, 0.25) is 0 Å². The molecule has 8 nitrogen and oxygen atoms in total. The van der Waals surface area contributed by atoms with Crippen molar-refractivity contribution in [2.45, 2.75) is 51.6 Å². The van der Waals surface area contributed by atoms with Crippen LogP contribution in [0.25, 0.3) is 43.6 Å². The number of carbonyl (C=O) groups excluding carboxylic acids is 2. The Bertz CT molecular complexity index is 2380. The number of esters is 2. The van der Waals surface area contributed by atoms with Crippen LogP contribution in [-0.4, -0.2) is 44.3 Å². The van der Waals surface area contributed by atoms with Gasteiger partial charge in [-0.2, -0.15) is 0 Å². The molecule has 0 atom stereocenters. The van der Waals surface area contributed by atoms with Gasteiger partial charge in [0.2, 0.25) is 0 Å². The molecule has 0 aliphatic heterocycles. The quantitative estimate of drug-likeness (QED) is 0.0776. The lowest BCUT2D eigenvalue weighted by Gasteiger charge is -2.08. The molecule has 8 rings (SSSR count). The van der Waals surface area contributed by atoms with Crippen LogP contribution < -0.4 is 0 Å². The van der Waals surface area contributed by atoms with Crippen molar-refractivity contribution >= 4 is 55.6 Å². The topological polar surface area (TPSA) is 88.2 Å². The van der Waals surface area contributed by atoms with Gasteiger partial charge in [-0.25, -0.2) is 19.6 Å². The van der Waals surface area contributed by atoms with Crippen LogP contribution in [0.1, 0.15) is 70.6 Å². The zero-order valence-electron chi connectivity index (χ0n) is 30.2. The first kappa shape index (κ1) is 34.8. The predicted octanol–water partition coefficient (Wildman–Crippen LogP) is 10.1. The highest BCUT2D eigenvalue weighted by molar-refractivity contribution is 6.10. The molecule has 0 unspecified atom stereocenters. The molecule has 0 saturated heterocycles. The van der Waals surface area contributed by atoms with Crippen molar-refractivity contribution in [3.63, 3.8) is 0 Å². The molecule has 4 aromatic carbocycles. The molecule has 0 saturated carbocycles. The third-order valence-corrected chi connectivity index (χ3v) is 10.1. The van der Waals surface area contributed by atoms with Crippen LogP contribution in [0.4, 0.5) is 0 Å². The molecule has 4 heterocycles. The Labute approximate surface area is 314 Å². The van der Waals surface area contributed by atoms with E-state index >= 15 is 0 Å². The minimum absolute atomic E-state index is 0.324. The van der Waals surface area contributed by atoms with E-state index in [9.17, 15) is 9.59 Å². The van der Waals surface area contributed by atoms with Gasteiger partial charge in [-0.15, -0.1) is 0 Å². The summed E-state index contributed by atoms with van der Waals surface area (Å²) in [5, 5.41) is 4.17. The van der Waals surface area contributed by atoms with Gasteiger partial charge in [0.15, 0.2) is 0 Å². The summed E-state index contributed by atoms with van der Waals surface area (Å²) in [6.07, 6.45) is 9.08. The van der Waals surface area contributed by atoms with E-state index in [0.29, 0.717) is 24.6 Å².